The molecule has 0 spiro atoms. The molecular weight excluding hydrogens is 242 g/mol. The van der Waals surface area contributed by atoms with Gasteiger partial charge in [-0.05, 0) is 37.0 Å². The summed E-state index contributed by atoms with van der Waals surface area (Å²) in [6.07, 6.45) is 3.13. The zero-order valence-corrected chi connectivity index (χ0v) is 10.8. The number of nitrogens with zero attached hydrogens (tertiary/aromatic N) is 1. The molecule has 2 atom stereocenters. The molecule has 2 aliphatic heterocycles. The first-order valence-electron chi connectivity index (χ1n) is 6.83. The second-order valence-corrected chi connectivity index (χ2v) is 5.25. The van der Waals surface area contributed by atoms with E-state index in [-0.39, 0.29) is 6.04 Å². The second-order valence-electron chi connectivity index (χ2n) is 5.25. The zero-order valence-electron chi connectivity index (χ0n) is 10.8. The Balaban J connectivity index is 1.67. The number of carboxylic acid groups (broad SMARTS) is 1. The SMILES string of the molecule is O=C(O)C1CC(c2ccc(N3CCCC3)cc2)NN1. The van der Waals surface area contributed by atoms with Crippen molar-refractivity contribution in [3.05, 3.63) is 29.8 Å². The Bertz CT molecular complexity index is 454. The summed E-state index contributed by atoms with van der Waals surface area (Å²) in [6, 6.07) is 8.04. The molecule has 0 saturated carbocycles. The first-order valence-corrected chi connectivity index (χ1v) is 6.83. The summed E-state index contributed by atoms with van der Waals surface area (Å²) in [5, 5.41) is 8.96. The summed E-state index contributed by atoms with van der Waals surface area (Å²) >= 11 is 0. The summed E-state index contributed by atoms with van der Waals surface area (Å²) in [4.78, 5) is 13.3. The van der Waals surface area contributed by atoms with E-state index in [1.54, 1.807) is 0 Å². The van der Waals surface area contributed by atoms with Gasteiger partial charge in [-0.15, -0.1) is 0 Å². The van der Waals surface area contributed by atoms with E-state index < -0.39 is 12.0 Å². The molecule has 5 nitrogen and oxygen atoms in total. The van der Waals surface area contributed by atoms with Gasteiger partial charge in [-0.1, -0.05) is 12.1 Å². The van der Waals surface area contributed by atoms with Gasteiger partial charge < -0.3 is 10.0 Å². The summed E-state index contributed by atoms with van der Waals surface area (Å²) < 4.78 is 0. The minimum absolute atomic E-state index is 0.0775. The summed E-state index contributed by atoms with van der Waals surface area (Å²) in [6.45, 7) is 2.29. The molecule has 2 fully saturated rings. The Labute approximate surface area is 112 Å². The zero-order chi connectivity index (χ0) is 13.2. The second kappa shape index (κ2) is 5.19. The molecule has 3 N–H and O–H groups in total. The number of carboxylic acids is 1. The van der Waals surface area contributed by atoms with E-state index in [0.29, 0.717) is 6.42 Å². The third-order valence-electron chi connectivity index (χ3n) is 3.97. The van der Waals surface area contributed by atoms with E-state index in [4.69, 9.17) is 5.11 Å². The number of anilines is 1. The monoisotopic (exact) mass is 261 g/mol. The maximum absolute atomic E-state index is 10.9. The van der Waals surface area contributed by atoms with Crippen LogP contribution in [0, 0.1) is 0 Å². The predicted molar refractivity (Wildman–Crippen MR) is 72.9 cm³/mol. The fourth-order valence-electron chi connectivity index (χ4n) is 2.83. The molecule has 2 aliphatic rings. The Hall–Kier alpha value is -1.59. The average molecular weight is 261 g/mol. The molecule has 5 heteroatoms. The Morgan fingerprint density at radius 1 is 1.16 bits per heavy atom. The van der Waals surface area contributed by atoms with Gasteiger partial charge in [0.05, 0.1) is 0 Å². The number of hydrogen-bond acceptors (Lipinski definition) is 4. The van der Waals surface area contributed by atoms with E-state index in [1.165, 1.54) is 18.5 Å². The summed E-state index contributed by atoms with van der Waals surface area (Å²) in [7, 11) is 0. The molecule has 3 rings (SSSR count). The van der Waals surface area contributed by atoms with E-state index in [9.17, 15) is 4.79 Å². The Kier molecular flexibility index (Phi) is 3.40. The summed E-state index contributed by atoms with van der Waals surface area (Å²) in [5.41, 5.74) is 8.27. The van der Waals surface area contributed by atoms with Crippen molar-refractivity contribution in [3.8, 4) is 0 Å². The van der Waals surface area contributed by atoms with Crippen molar-refractivity contribution in [1.29, 1.82) is 0 Å². The molecule has 0 aliphatic carbocycles. The van der Waals surface area contributed by atoms with E-state index in [1.807, 2.05) is 0 Å². The largest absolute Gasteiger partial charge is 0.480 e. The first kappa shape index (κ1) is 12.4. The number of nitrogens with one attached hydrogen (secondary N) is 2. The molecule has 2 heterocycles. The molecule has 0 radical (unpaired) electrons. The van der Waals surface area contributed by atoms with Gasteiger partial charge in [-0.3, -0.25) is 4.79 Å². The minimum Gasteiger partial charge on any atom is -0.480 e. The van der Waals surface area contributed by atoms with Crippen LogP contribution in [-0.2, 0) is 4.79 Å². The lowest BCUT2D eigenvalue weighted by molar-refractivity contribution is -0.139. The van der Waals surface area contributed by atoms with Gasteiger partial charge in [0.25, 0.3) is 0 Å². The molecule has 2 unspecified atom stereocenters. The fourth-order valence-corrected chi connectivity index (χ4v) is 2.83. The van der Waals surface area contributed by atoms with Crippen LogP contribution in [0.15, 0.2) is 24.3 Å². The lowest BCUT2D eigenvalue weighted by Gasteiger charge is -2.18. The molecule has 102 valence electrons. The normalized spacial score (nSPS) is 26.8. The van der Waals surface area contributed by atoms with Gasteiger partial charge >= 0.3 is 5.97 Å². The van der Waals surface area contributed by atoms with Gasteiger partial charge in [0.15, 0.2) is 0 Å². The molecule has 2 saturated heterocycles. The number of rotatable bonds is 3. The van der Waals surface area contributed by atoms with Crippen molar-refractivity contribution in [2.24, 2.45) is 0 Å². The standard InChI is InChI=1S/C14H19N3O2/c18-14(19)13-9-12(15-16-13)10-3-5-11(6-4-10)17-7-1-2-8-17/h3-6,12-13,15-16H,1-2,7-9H2,(H,18,19). The molecule has 1 aromatic rings. The minimum atomic E-state index is -0.802. The summed E-state index contributed by atoms with van der Waals surface area (Å²) in [5.74, 6) is -0.802. The van der Waals surface area contributed by atoms with E-state index >= 15 is 0 Å². The fraction of sp³-hybridized carbons (Fsp3) is 0.500. The third kappa shape index (κ3) is 2.57. The van der Waals surface area contributed by atoms with Crippen molar-refractivity contribution in [3.63, 3.8) is 0 Å². The van der Waals surface area contributed by atoms with Gasteiger partial charge in [0, 0.05) is 24.8 Å². The van der Waals surface area contributed by atoms with Crippen molar-refractivity contribution in [2.45, 2.75) is 31.3 Å². The van der Waals surface area contributed by atoms with Gasteiger partial charge in [0.1, 0.15) is 6.04 Å². The van der Waals surface area contributed by atoms with E-state index in [2.05, 4.69) is 40.0 Å². The van der Waals surface area contributed by atoms with Gasteiger partial charge in [-0.2, -0.15) is 0 Å². The van der Waals surface area contributed by atoms with Crippen LogP contribution in [0.2, 0.25) is 0 Å². The molecule has 0 aromatic heterocycles. The van der Waals surface area contributed by atoms with Crippen LogP contribution < -0.4 is 15.8 Å². The van der Waals surface area contributed by atoms with Crippen molar-refractivity contribution < 1.29 is 9.90 Å². The predicted octanol–water partition coefficient (Wildman–Crippen LogP) is 1.28. The van der Waals surface area contributed by atoms with Gasteiger partial charge in [-0.25, -0.2) is 10.9 Å². The maximum atomic E-state index is 10.9. The van der Waals surface area contributed by atoms with Crippen LogP contribution in [0.25, 0.3) is 0 Å². The van der Waals surface area contributed by atoms with Gasteiger partial charge in [0.2, 0.25) is 0 Å². The highest BCUT2D eigenvalue weighted by molar-refractivity contribution is 5.73. The number of benzene rings is 1. The van der Waals surface area contributed by atoms with Crippen LogP contribution in [0.3, 0.4) is 0 Å². The Morgan fingerprint density at radius 2 is 1.84 bits per heavy atom. The quantitative estimate of drug-likeness (QED) is 0.765. The number of hydrogen-bond donors (Lipinski definition) is 3. The molecule has 1 aromatic carbocycles. The third-order valence-corrected chi connectivity index (χ3v) is 3.97. The average Bonchev–Trinajstić information content (AvgIpc) is 3.11. The number of aliphatic carboxylic acids is 1. The van der Waals surface area contributed by atoms with Crippen molar-refractivity contribution >= 4 is 11.7 Å². The molecule has 0 bridgehead atoms. The van der Waals surface area contributed by atoms with Crippen molar-refractivity contribution in [1.82, 2.24) is 10.9 Å². The first-order chi connectivity index (χ1) is 9.24. The molecule has 19 heavy (non-hydrogen) atoms. The molecular formula is C14H19N3O2. The van der Waals surface area contributed by atoms with Crippen LogP contribution >= 0.6 is 0 Å². The lowest BCUT2D eigenvalue weighted by Crippen LogP contribution is -2.36. The number of carbonyl (C=O) groups is 1. The van der Waals surface area contributed by atoms with Crippen LogP contribution in [0.5, 0.6) is 0 Å². The van der Waals surface area contributed by atoms with E-state index in [0.717, 1.165) is 18.7 Å². The van der Waals surface area contributed by atoms with Crippen LogP contribution in [0.1, 0.15) is 30.9 Å². The van der Waals surface area contributed by atoms with Crippen molar-refractivity contribution in [2.75, 3.05) is 18.0 Å². The lowest BCUT2D eigenvalue weighted by atomic mass is 10.0. The van der Waals surface area contributed by atoms with Crippen LogP contribution in [0.4, 0.5) is 5.69 Å². The number of hydrazine groups is 1. The highest BCUT2D eigenvalue weighted by Gasteiger charge is 2.29. The highest BCUT2D eigenvalue weighted by atomic mass is 16.4. The topological polar surface area (TPSA) is 64.6 Å². The van der Waals surface area contributed by atoms with Crippen LogP contribution in [-0.4, -0.2) is 30.2 Å². The molecule has 0 amide bonds. The maximum Gasteiger partial charge on any atom is 0.322 e. The smallest absolute Gasteiger partial charge is 0.322 e. The highest BCUT2D eigenvalue weighted by Crippen LogP contribution is 2.26. The Morgan fingerprint density at radius 3 is 2.42 bits per heavy atom.